The minimum Gasteiger partial charge on any atom is -0.504 e. The molecular weight excluding hydrogens is 588 g/mol. The summed E-state index contributed by atoms with van der Waals surface area (Å²) in [5.41, 5.74) is 0.972. The van der Waals surface area contributed by atoms with Crippen molar-refractivity contribution in [2.75, 3.05) is 13.2 Å². The zero-order valence-corrected chi connectivity index (χ0v) is 23.5. The Kier molecular flexibility index (Phi) is 11.0. The van der Waals surface area contributed by atoms with Crippen LogP contribution in [-0.2, 0) is 34.9 Å². The summed E-state index contributed by atoms with van der Waals surface area (Å²) in [4.78, 5) is 12.4. The topological polar surface area (TPSA) is 245 Å². The summed E-state index contributed by atoms with van der Waals surface area (Å²) in [7, 11) is 0. The number of carbonyl (C=O) groups is 1. The smallest absolute Gasteiger partial charge is 0.331 e. The highest BCUT2D eigenvalue weighted by molar-refractivity contribution is 5.87. The Labute approximate surface area is 251 Å². The van der Waals surface area contributed by atoms with Gasteiger partial charge in [-0.3, -0.25) is 0 Å². The second kappa shape index (κ2) is 14.5. The predicted molar refractivity (Wildman–Crippen MR) is 147 cm³/mol. The molecule has 242 valence electrons. The summed E-state index contributed by atoms with van der Waals surface area (Å²) >= 11 is 0. The lowest BCUT2D eigenvalue weighted by atomic mass is 9.97. The van der Waals surface area contributed by atoms with Crippen LogP contribution in [-0.4, -0.2) is 127 Å². The van der Waals surface area contributed by atoms with Gasteiger partial charge in [0.05, 0.1) is 19.3 Å². The zero-order valence-electron chi connectivity index (χ0n) is 23.5. The van der Waals surface area contributed by atoms with E-state index >= 15 is 0 Å². The van der Waals surface area contributed by atoms with Crippen molar-refractivity contribution in [3.05, 3.63) is 53.6 Å². The number of aliphatic hydroxyl groups is 5. The second-order valence-corrected chi connectivity index (χ2v) is 10.4. The maximum absolute atomic E-state index is 12.4. The molecule has 10 unspecified atom stereocenters. The summed E-state index contributed by atoms with van der Waals surface area (Å²) in [6.07, 6.45) is -12.4. The van der Waals surface area contributed by atoms with E-state index in [0.29, 0.717) is 11.1 Å². The standard InChI is InChI=1S/C29H36O15/c1-13-26(43-21(35)7-4-14-2-5-16(31)18(33)10-14)23(37)24(38)29(41-13)44-27-22(36)20(12-30)42-28(25(27)39)40-9-8-15-3-6-17(32)19(34)11-15/h2-7,10-11,13,20,22-34,36-39H,8-9,12H2,1H3. The number of carbonyl (C=O) groups excluding carboxylic acids is 1. The SMILES string of the molecule is CC1OC(OC2C(O)C(CO)OC(OCCc3ccc(O)c(O)c3)C2O)C(O)C(O)C1OC(=O)C=Cc1ccc(O)c(O)c1. The second-order valence-electron chi connectivity index (χ2n) is 10.4. The van der Waals surface area contributed by atoms with Crippen molar-refractivity contribution in [1.82, 2.24) is 0 Å². The molecule has 4 rings (SSSR count). The van der Waals surface area contributed by atoms with E-state index in [1.54, 1.807) is 6.07 Å². The van der Waals surface area contributed by atoms with Gasteiger partial charge in [-0.15, -0.1) is 0 Å². The third kappa shape index (κ3) is 7.76. The minimum atomic E-state index is -1.81. The van der Waals surface area contributed by atoms with Gasteiger partial charge < -0.3 is 69.6 Å². The number of phenols is 4. The lowest BCUT2D eigenvalue weighted by Gasteiger charge is -2.46. The maximum Gasteiger partial charge on any atom is 0.331 e. The van der Waals surface area contributed by atoms with Gasteiger partial charge in [0.1, 0.15) is 36.6 Å². The van der Waals surface area contributed by atoms with E-state index < -0.39 is 79.7 Å². The van der Waals surface area contributed by atoms with Crippen molar-refractivity contribution >= 4 is 12.0 Å². The summed E-state index contributed by atoms with van der Waals surface area (Å²) in [5.74, 6) is -2.25. The van der Waals surface area contributed by atoms with E-state index in [4.69, 9.17) is 23.7 Å². The van der Waals surface area contributed by atoms with Gasteiger partial charge in [0.2, 0.25) is 0 Å². The fourth-order valence-electron chi connectivity index (χ4n) is 4.79. The molecule has 0 spiro atoms. The Morgan fingerprint density at radius 1 is 0.818 bits per heavy atom. The monoisotopic (exact) mass is 624 g/mol. The average Bonchev–Trinajstić information content (AvgIpc) is 2.99. The minimum absolute atomic E-state index is 0.0411. The van der Waals surface area contributed by atoms with Crippen molar-refractivity contribution < 1.29 is 74.4 Å². The molecule has 2 aliphatic rings. The number of aromatic hydroxyl groups is 4. The third-order valence-corrected chi connectivity index (χ3v) is 7.27. The van der Waals surface area contributed by atoms with Crippen LogP contribution in [0.5, 0.6) is 23.0 Å². The number of aliphatic hydroxyl groups excluding tert-OH is 5. The Balaban J connectivity index is 1.36. The number of rotatable bonds is 10. The van der Waals surface area contributed by atoms with Gasteiger partial charge in [0, 0.05) is 6.08 Å². The van der Waals surface area contributed by atoms with E-state index in [2.05, 4.69) is 0 Å². The Bertz CT molecular complexity index is 1300. The molecule has 0 aromatic heterocycles. The number of esters is 1. The molecule has 2 aliphatic heterocycles. The largest absolute Gasteiger partial charge is 0.504 e. The normalized spacial score (nSPS) is 32.5. The van der Waals surface area contributed by atoms with Gasteiger partial charge in [-0.2, -0.15) is 0 Å². The highest BCUT2D eigenvalue weighted by Crippen LogP contribution is 2.31. The van der Waals surface area contributed by atoms with Crippen LogP contribution in [0.2, 0.25) is 0 Å². The number of hydrogen-bond donors (Lipinski definition) is 9. The number of hydrogen-bond acceptors (Lipinski definition) is 15. The van der Waals surface area contributed by atoms with Gasteiger partial charge in [0.25, 0.3) is 0 Å². The number of phenolic OH excluding ortho intramolecular Hbond substituents is 4. The first-order valence-electron chi connectivity index (χ1n) is 13.7. The number of ether oxygens (including phenoxy) is 5. The first-order valence-corrected chi connectivity index (χ1v) is 13.7. The van der Waals surface area contributed by atoms with Crippen LogP contribution in [0.1, 0.15) is 18.1 Å². The molecule has 2 heterocycles. The van der Waals surface area contributed by atoms with Crippen LogP contribution in [0.3, 0.4) is 0 Å². The van der Waals surface area contributed by atoms with Gasteiger partial charge in [-0.25, -0.2) is 4.79 Å². The van der Waals surface area contributed by atoms with Crippen molar-refractivity contribution in [2.45, 2.75) is 74.8 Å². The molecule has 0 aliphatic carbocycles. The van der Waals surface area contributed by atoms with Crippen molar-refractivity contribution in [1.29, 1.82) is 0 Å². The summed E-state index contributed by atoms with van der Waals surface area (Å²) in [6.45, 7) is 0.716. The molecule has 15 nitrogen and oxygen atoms in total. The van der Waals surface area contributed by atoms with Gasteiger partial charge in [-0.05, 0) is 54.8 Å². The maximum atomic E-state index is 12.4. The summed E-state index contributed by atoms with van der Waals surface area (Å²) < 4.78 is 27.7. The first kappa shape index (κ1) is 33.4. The molecule has 2 saturated heterocycles. The molecule has 2 aromatic carbocycles. The van der Waals surface area contributed by atoms with Gasteiger partial charge >= 0.3 is 5.97 Å². The number of benzene rings is 2. The fraction of sp³-hybridized carbons (Fsp3) is 0.483. The van der Waals surface area contributed by atoms with Crippen LogP contribution in [0.4, 0.5) is 0 Å². The van der Waals surface area contributed by atoms with Crippen LogP contribution in [0.25, 0.3) is 6.08 Å². The molecule has 10 atom stereocenters. The van der Waals surface area contributed by atoms with Crippen LogP contribution in [0, 0.1) is 0 Å². The fourth-order valence-corrected chi connectivity index (χ4v) is 4.79. The highest BCUT2D eigenvalue weighted by Gasteiger charge is 2.51. The Hall–Kier alpha value is -3.51. The summed E-state index contributed by atoms with van der Waals surface area (Å²) in [5, 5.41) is 90.9. The molecule has 9 N–H and O–H groups in total. The molecule has 0 bridgehead atoms. The van der Waals surface area contributed by atoms with E-state index in [0.717, 1.165) is 6.08 Å². The van der Waals surface area contributed by atoms with Crippen LogP contribution >= 0.6 is 0 Å². The molecule has 0 amide bonds. The molecule has 2 aromatic rings. The highest BCUT2D eigenvalue weighted by atomic mass is 16.7. The van der Waals surface area contributed by atoms with Crippen molar-refractivity contribution in [2.24, 2.45) is 0 Å². The molecule has 2 fully saturated rings. The zero-order chi connectivity index (χ0) is 32.1. The predicted octanol–water partition coefficient (Wildman–Crippen LogP) is -1.02. The average molecular weight is 625 g/mol. The Morgan fingerprint density at radius 3 is 2.16 bits per heavy atom. The summed E-state index contributed by atoms with van der Waals surface area (Å²) in [6, 6.07) is 8.06. The van der Waals surface area contributed by atoms with Crippen molar-refractivity contribution in [3.8, 4) is 23.0 Å². The quantitative estimate of drug-likeness (QED) is 0.0873. The van der Waals surface area contributed by atoms with E-state index in [-0.39, 0.29) is 30.3 Å². The first-order chi connectivity index (χ1) is 20.9. The molecule has 15 heteroatoms. The molecule has 44 heavy (non-hydrogen) atoms. The van der Waals surface area contributed by atoms with E-state index in [9.17, 15) is 50.8 Å². The van der Waals surface area contributed by atoms with Gasteiger partial charge in [0.15, 0.2) is 41.7 Å². The molecule has 0 saturated carbocycles. The van der Waals surface area contributed by atoms with E-state index in [1.165, 1.54) is 43.3 Å². The van der Waals surface area contributed by atoms with Crippen molar-refractivity contribution in [3.63, 3.8) is 0 Å². The van der Waals surface area contributed by atoms with E-state index in [1.807, 2.05) is 0 Å². The lowest BCUT2D eigenvalue weighted by Crippen LogP contribution is -2.64. The van der Waals surface area contributed by atoms with Crippen LogP contribution in [0.15, 0.2) is 42.5 Å². The lowest BCUT2D eigenvalue weighted by molar-refractivity contribution is -0.357. The molecular formula is C29H36O15. The Morgan fingerprint density at radius 2 is 1.50 bits per heavy atom. The third-order valence-electron chi connectivity index (χ3n) is 7.27. The molecule has 0 radical (unpaired) electrons. The van der Waals surface area contributed by atoms with Gasteiger partial charge in [-0.1, -0.05) is 12.1 Å². The van der Waals surface area contributed by atoms with Crippen LogP contribution < -0.4 is 0 Å².